The van der Waals surface area contributed by atoms with Crippen LogP contribution in [0.25, 0.3) is 10.4 Å². The number of rotatable bonds is 4. The maximum atomic E-state index is 13.1. The van der Waals surface area contributed by atoms with Gasteiger partial charge in [-0.1, -0.05) is 31.0 Å². The minimum Gasteiger partial charge on any atom is -0.323 e. The third-order valence-corrected chi connectivity index (χ3v) is 4.63. The lowest BCUT2D eigenvalue weighted by Gasteiger charge is -2.12. The highest BCUT2D eigenvalue weighted by Gasteiger charge is 2.34. The average molecular weight is 334 g/mol. The van der Waals surface area contributed by atoms with Crippen LogP contribution in [0.3, 0.4) is 0 Å². The zero-order valence-electron chi connectivity index (χ0n) is 11.4. The van der Waals surface area contributed by atoms with Gasteiger partial charge in [0.1, 0.15) is 0 Å². The predicted molar refractivity (Wildman–Crippen MR) is 81.6 cm³/mol. The maximum absolute atomic E-state index is 13.1. The first-order valence-corrected chi connectivity index (χ1v) is 7.74. The first-order chi connectivity index (χ1) is 9.82. The second-order valence-electron chi connectivity index (χ2n) is 4.78. The third-order valence-electron chi connectivity index (χ3n) is 3.14. The fourth-order valence-electron chi connectivity index (χ4n) is 2.12. The third kappa shape index (κ3) is 3.78. The van der Waals surface area contributed by atoms with Gasteiger partial charge in [-0.05, 0) is 30.7 Å². The van der Waals surface area contributed by atoms with E-state index in [1.165, 1.54) is 23.5 Å². The lowest BCUT2D eigenvalue weighted by atomic mass is 10.1. The van der Waals surface area contributed by atoms with Crippen molar-refractivity contribution < 1.29 is 13.2 Å². The summed E-state index contributed by atoms with van der Waals surface area (Å²) in [6.45, 7) is 2.02. The molecule has 21 heavy (non-hydrogen) atoms. The average Bonchev–Trinajstić information content (AvgIpc) is 2.87. The fourth-order valence-corrected chi connectivity index (χ4v) is 3.37. The summed E-state index contributed by atoms with van der Waals surface area (Å²) >= 11 is 6.99. The van der Waals surface area contributed by atoms with Gasteiger partial charge in [-0.25, -0.2) is 0 Å². The highest BCUT2D eigenvalue weighted by Crippen LogP contribution is 2.41. The van der Waals surface area contributed by atoms with Gasteiger partial charge < -0.3 is 5.73 Å². The molecular formula is C15H15ClF3NS. The molecule has 0 spiro atoms. The van der Waals surface area contributed by atoms with E-state index in [4.69, 9.17) is 17.3 Å². The van der Waals surface area contributed by atoms with Gasteiger partial charge in [-0.15, -0.1) is 11.3 Å². The van der Waals surface area contributed by atoms with Crippen LogP contribution in [0, 0.1) is 0 Å². The highest BCUT2D eigenvalue weighted by molar-refractivity contribution is 7.15. The minimum atomic E-state index is -4.43. The Labute approximate surface area is 130 Å². The van der Waals surface area contributed by atoms with Gasteiger partial charge >= 0.3 is 6.18 Å². The van der Waals surface area contributed by atoms with E-state index in [2.05, 4.69) is 0 Å². The quantitative estimate of drug-likeness (QED) is 0.742. The molecule has 1 aromatic heterocycles. The van der Waals surface area contributed by atoms with Crippen LogP contribution in [0.1, 0.15) is 36.2 Å². The van der Waals surface area contributed by atoms with Gasteiger partial charge in [0.15, 0.2) is 0 Å². The number of alkyl halides is 3. The largest absolute Gasteiger partial charge is 0.417 e. The number of nitrogens with two attached hydrogens (primary N) is 1. The molecule has 0 saturated carbocycles. The van der Waals surface area contributed by atoms with Gasteiger partial charge in [-0.3, -0.25) is 0 Å². The molecule has 1 atom stereocenters. The highest BCUT2D eigenvalue weighted by atomic mass is 35.5. The summed E-state index contributed by atoms with van der Waals surface area (Å²) in [5, 5.41) is 0.0746. The summed E-state index contributed by atoms with van der Waals surface area (Å²) in [5.74, 6) is 0. The molecule has 2 aromatic rings. The van der Waals surface area contributed by atoms with Crippen molar-refractivity contribution in [1.82, 2.24) is 0 Å². The standard InChI is InChI=1S/C15H15ClF3NS/c1-2-3-12(20)14-7-6-13(21-14)10-5-4-9(16)8-11(10)15(17,18)19/h4-8,12H,2-3,20H2,1H3. The molecule has 1 aromatic carbocycles. The summed E-state index contributed by atoms with van der Waals surface area (Å²) in [6, 6.07) is 7.20. The molecule has 1 heterocycles. The first-order valence-electron chi connectivity index (χ1n) is 6.55. The Balaban J connectivity index is 2.43. The van der Waals surface area contributed by atoms with Crippen molar-refractivity contribution in [2.75, 3.05) is 0 Å². The zero-order valence-corrected chi connectivity index (χ0v) is 12.9. The normalized spacial score (nSPS) is 13.4. The summed E-state index contributed by atoms with van der Waals surface area (Å²) < 4.78 is 39.4. The molecule has 2 rings (SSSR count). The van der Waals surface area contributed by atoms with Crippen LogP contribution in [0.2, 0.25) is 5.02 Å². The fraction of sp³-hybridized carbons (Fsp3) is 0.333. The predicted octanol–water partition coefficient (Wildman–Crippen LogP) is 5.89. The van der Waals surface area contributed by atoms with Crippen LogP contribution in [0.15, 0.2) is 30.3 Å². The molecule has 6 heteroatoms. The molecule has 0 aliphatic heterocycles. The Morgan fingerprint density at radius 1 is 1.24 bits per heavy atom. The molecule has 0 amide bonds. The lowest BCUT2D eigenvalue weighted by molar-refractivity contribution is -0.137. The second-order valence-corrected chi connectivity index (χ2v) is 6.34. The molecular weight excluding hydrogens is 319 g/mol. The van der Waals surface area contributed by atoms with E-state index in [1.54, 1.807) is 12.1 Å². The van der Waals surface area contributed by atoms with Crippen molar-refractivity contribution in [2.45, 2.75) is 32.0 Å². The smallest absolute Gasteiger partial charge is 0.323 e. The van der Waals surface area contributed by atoms with Gasteiger partial charge in [0.2, 0.25) is 0 Å². The monoisotopic (exact) mass is 333 g/mol. The molecule has 2 N–H and O–H groups in total. The topological polar surface area (TPSA) is 26.0 Å². The summed E-state index contributed by atoms with van der Waals surface area (Å²) in [5.41, 5.74) is 5.44. The zero-order chi connectivity index (χ0) is 15.6. The number of halogens is 4. The van der Waals surface area contributed by atoms with Crippen LogP contribution in [0.5, 0.6) is 0 Å². The molecule has 0 saturated heterocycles. The van der Waals surface area contributed by atoms with E-state index in [1.807, 2.05) is 6.92 Å². The summed E-state index contributed by atoms with van der Waals surface area (Å²) in [4.78, 5) is 1.45. The molecule has 1 unspecified atom stereocenters. The van der Waals surface area contributed by atoms with Crippen molar-refractivity contribution in [3.8, 4) is 10.4 Å². The molecule has 1 nitrogen and oxygen atoms in total. The van der Waals surface area contributed by atoms with Crippen molar-refractivity contribution in [3.63, 3.8) is 0 Å². The van der Waals surface area contributed by atoms with Crippen LogP contribution in [-0.2, 0) is 6.18 Å². The Bertz CT molecular complexity index is 622. The second kappa shape index (κ2) is 6.38. The number of thiophene rings is 1. The van der Waals surface area contributed by atoms with Crippen molar-refractivity contribution >= 4 is 22.9 Å². The Morgan fingerprint density at radius 2 is 1.95 bits per heavy atom. The summed E-state index contributed by atoms with van der Waals surface area (Å²) in [6.07, 6.45) is -2.69. The van der Waals surface area contributed by atoms with E-state index in [0.717, 1.165) is 23.8 Å². The Hall–Kier alpha value is -1.04. The molecule has 0 bridgehead atoms. The molecule has 0 fully saturated rings. The Morgan fingerprint density at radius 3 is 2.57 bits per heavy atom. The van der Waals surface area contributed by atoms with E-state index in [-0.39, 0.29) is 16.6 Å². The molecule has 114 valence electrons. The SMILES string of the molecule is CCCC(N)c1ccc(-c2ccc(Cl)cc2C(F)(F)F)s1. The van der Waals surface area contributed by atoms with Gasteiger partial charge in [0.05, 0.1) is 5.56 Å². The van der Waals surface area contributed by atoms with Crippen molar-refractivity contribution in [3.05, 3.63) is 45.8 Å². The van der Waals surface area contributed by atoms with Crippen LogP contribution >= 0.6 is 22.9 Å². The first kappa shape index (κ1) is 16.3. The van der Waals surface area contributed by atoms with Gasteiger partial charge in [0.25, 0.3) is 0 Å². The van der Waals surface area contributed by atoms with Crippen molar-refractivity contribution in [1.29, 1.82) is 0 Å². The van der Waals surface area contributed by atoms with Crippen molar-refractivity contribution in [2.24, 2.45) is 5.73 Å². The number of hydrogen-bond acceptors (Lipinski definition) is 2. The van der Waals surface area contributed by atoms with E-state index in [0.29, 0.717) is 4.88 Å². The molecule has 0 aliphatic carbocycles. The molecule has 0 aliphatic rings. The van der Waals surface area contributed by atoms with E-state index >= 15 is 0 Å². The van der Waals surface area contributed by atoms with E-state index in [9.17, 15) is 13.2 Å². The maximum Gasteiger partial charge on any atom is 0.417 e. The van der Waals surface area contributed by atoms with E-state index < -0.39 is 11.7 Å². The number of benzene rings is 1. The minimum absolute atomic E-state index is 0.0746. The lowest BCUT2D eigenvalue weighted by Crippen LogP contribution is -2.07. The van der Waals surface area contributed by atoms with Gasteiger partial charge in [0, 0.05) is 26.4 Å². The number of hydrogen-bond donors (Lipinski definition) is 1. The van der Waals surface area contributed by atoms with Crippen LogP contribution in [0.4, 0.5) is 13.2 Å². The molecule has 0 radical (unpaired) electrons. The van der Waals surface area contributed by atoms with Gasteiger partial charge in [-0.2, -0.15) is 13.2 Å². The van der Waals surface area contributed by atoms with Crippen LogP contribution in [-0.4, -0.2) is 0 Å². The summed E-state index contributed by atoms with van der Waals surface area (Å²) in [7, 11) is 0. The Kier molecular flexibility index (Phi) is 4.96. The van der Waals surface area contributed by atoms with Crippen LogP contribution < -0.4 is 5.73 Å².